The van der Waals surface area contributed by atoms with Crippen molar-refractivity contribution in [1.29, 1.82) is 0 Å². The lowest BCUT2D eigenvalue weighted by molar-refractivity contribution is -0.121. The maximum Gasteiger partial charge on any atom is 0.328 e. The van der Waals surface area contributed by atoms with E-state index in [0.717, 1.165) is 52.7 Å². The molecule has 0 spiro atoms. The molecule has 0 unspecified atom stereocenters. The van der Waals surface area contributed by atoms with Crippen LogP contribution in [0.5, 0.6) is 5.75 Å². The minimum absolute atomic E-state index is 0.00995. The van der Waals surface area contributed by atoms with Crippen molar-refractivity contribution in [1.82, 2.24) is 14.1 Å². The van der Waals surface area contributed by atoms with E-state index in [1.807, 2.05) is 34.9 Å². The summed E-state index contributed by atoms with van der Waals surface area (Å²) < 4.78 is 10.0. The van der Waals surface area contributed by atoms with E-state index in [0.29, 0.717) is 17.6 Å². The number of nitrogens with one attached hydrogen (secondary N) is 1. The highest BCUT2D eigenvalue weighted by molar-refractivity contribution is 7.22. The molecule has 0 bridgehead atoms. The molecule has 1 aliphatic carbocycles. The van der Waals surface area contributed by atoms with E-state index in [-0.39, 0.29) is 17.5 Å². The first-order valence-corrected chi connectivity index (χ1v) is 12.2. The average Bonchev–Trinajstić information content (AvgIpc) is 3.34. The van der Waals surface area contributed by atoms with Crippen LogP contribution in [0.1, 0.15) is 31.2 Å². The number of fused-ring (bicyclic) bond motifs is 2. The van der Waals surface area contributed by atoms with Crippen LogP contribution >= 0.6 is 11.3 Å². The number of aromatic nitrogens is 3. The number of thiazole rings is 1. The van der Waals surface area contributed by atoms with Crippen LogP contribution in [0.2, 0.25) is 0 Å². The molecule has 0 radical (unpaired) electrons. The molecule has 1 saturated carbocycles. The number of amides is 1. The van der Waals surface area contributed by atoms with Crippen LogP contribution in [0.3, 0.4) is 0 Å². The number of carbonyl (C=O) groups excluding carboxylic acids is 1. The van der Waals surface area contributed by atoms with Crippen molar-refractivity contribution in [2.24, 2.45) is 18.9 Å². The summed E-state index contributed by atoms with van der Waals surface area (Å²) in [6.07, 6.45) is 3.49. The van der Waals surface area contributed by atoms with Crippen LogP contribution in [-0.4, -0.2) is 27.1 Å². The van der Waals surface area contributed by atoms with Crippen LogP contribution in [0, 0.1) is 18.8 Å². The Kier molecular flexibility index (Phi) is 5.70. The summed E-state index contributed by atoms with van der Waals surface area (Å²) in [6.45, 7) is 2.72. The monoisotopic (exact) mass is 464 g/mol. The normalized spacial score (nSPS) is 18.6. The van der Waals surface area contributed by atoms with Crippen LogP contribution in [0.15, 0.2) is 41.2 Å². The molecule has 1 amide bonds. The highest BCUT2D eigenvalue weighted by Crippen LogP contribution is 2.33. The number of ether oxygens (including phenoxy) is 1. The van der Waals surface area contributed by atoms with E-state index in [1.54, 1.807) is 18.7 Å². The van der Waals surface area contributed by atoms with E-state index in [2.05, 4.69) is 23.3 Å². The summed E-state index contributed by atoms with van der Waals surface area (Å²) in [6, 6.07) is 11.8. The lowest BCUT2D eigenvalue weighted by Gasteiger charge is -2.27. The number of hydrogen-bond acceptors (Lipinski definition) is 5. The molecule has 0 aliphatic heterocycles. The molecular weight excluding hydrogens is 436 g/mol. The number of methoxy groups -OCH3 is 1. The molecule has 1 N–H and O–H groups in total. The Bertz CT molecular complexity index is 1390. The van der Waals surface area contributed by atoms with Gasteiger partial charge in [0.2, 0.25) is 5.91 Å². The van der Waals surface area contributed by atoms with Gasteiger partial charge < -0.3 is 10.1 Å². The number of anilines is 1. The lowest BCUT2D eigenvalue weighted by Crippen LogP contribution is -2.30. The van der Waals surface area contributed by atoms with Gasteiger partial charge in [0.15, 0.2) is 5.13 Å². The quantitative estimate of drug-likeness (QED) is 0.464. The fourth-order valence-corrected chi connectivity index (χ4v) is 5.84. The molecule has 0 atom stereocenters. The molecule has 0 saturated heterocycles. The number of aryl methyl sites for hydroxylation is 2. The van der Waals surface area contributed by atoms with Gasteiger partial charge in [0.1, 0.15) is 5.75 Å². The van der Waals surface area contributed by atoms with Crippen molar-refractivity contribution in [2.45, 2.75) is 39.2 Å². The van der Waals surface area contributed by atoms with Gasteiger partial charge in [-0.2, -0.15) is 0 Å². The largest absolute Gasteiger partial charge is 0.497 e. The number of rotatable bonds is 5. The zero-order valence-corrected chi connectivity index (χ0v) is 19.9. The molecular formula is C25H28N4O3S. The van der Waals surface area contributed by atoms with Crippen molar-refractivity contribution in [3.63, 3.8) is 0 Å². The van der Waals surface area contributed by atoms with Crippen molar-refractivity contribution >= 4 is 43.6 Å². The third-order valence-corrected chi connectivity index (χ3v) is 7.97. The highest BCUT2D eigenvalue weighted by atomic mass is 32.1. The molecule has 1 aliphatic rings. The Morgan fingerprint density at radius 2 is 1.97 bits per heavy atom. The van der Waals surface area contributed by atoms with Gasteiger partial charge in [-0.15, -0.1) is 0 Å². The Labute approximate surface area is 196 Å². The molecule has 2 aromatic heterocycles. The molecule has 8 heteroatoms. The molecule has 4 aromatic rings. The Balaban J connectivity index is 1.25. The second kappa shape index (κ2) is 8.67. The first-order valence-electron chi connectivity index (χ1n) is 11.3. The Morgan fingerprint density at radius 3 is 2.70 bits per heavy atom. The third kappa shape index (κ3) is 4.04. The van der Waals surface area contributed by atoms with E-state index in [1.165, 1.54) is 16.9 Å². The first kappa shape index (κ1) is 21.7. The Hall–Kier alpha value is -3.13. The van der Waals surface area contributed by atoms with Gasteiger partial charge in [-0.25, -0.2) is 9.78 Å². The van der Waals surface area contributed by atoms with Crippen molar-refractivity contribution in [3.8, 4) is 5.75 Å². The first-order chi connectivity index (χ1) is 15.9. The van der Waals surface area contributed by atoms with Gasteiger partial charge in [-0.1, -0.05) is 23.5 Å². The van der Waals surface area contributed by atoms with Crippen molar-refractivity contribution in [2.75, 3.05) is 12.4 Å². The lowest BCUT2D eigenvalue weighted by atomic mass is 9.81. The maximum absolute atomic E-state index is 12.9. The van der Waals surface area contributed by atoms with Crippen LogP contribution < -0.4 is 15.7 Å². The predicted molar refractivity (Wildman–Crippen MR) is 132 cm³/mol. The summed E-state index contributed by atoms with van der Waals surface area (Å²) in [5.41, 5.74) is 3.89. The number of benzene rings is 2. The van der Waals surface area contributed by atoms with Gasteiger partial charge >= 0.3 is 5.69 Å². The summed E-state index contributed by atoms with van der Waals surface area (Å²) in [7, 11) is 3.44. The maximum atomic E-state index is 12.9. The van der Waals surface area contributed by atoms with E-state index < -0.39 is 0 Å². The minimum Gasteiger partial charge on any atom is -0.497 e. The standard InChI is InChI=1S/C25H28N4O3S/c1-15-5-4-6-19-22(15)33-24(26-19)27-23(30)17-9-7-16(8-10-17)14-29-21-13-18(32-3)11-12-20(21)28(2)25(29)31/h4-6,11-13,16-17H,7-10,14H2,1-3H3,(H,26,27,30). The minimum atomic E-state index is -0.0151. The summed E-state index contributed by atoms with van der Waals surface area (Å²) in [5.74, 6) is 1.15. The molecule has 2 aromatic carbocycles. The topological polar surface area (TPSA) is 78.2 Å². The predicted octanol–water partition coefficient (Wildman–Crippen LogP) is 4.71. The number of carbonyl (C=O) groups is 1. The SMILES string of the molecule is COc1ccc2c(c1)n(CC1CCC(C(=O)Nc3nc4cccc(C)c4s3)CC1)c(=O)n2C. The van der Waals surface area contributed by atoms with Gasteiger partial charge in [0.25, 0.3) is 0 Å². The molecule has 172 valence electrons. The number of imidazole rings is 1. The molecule has 1 fully saturated rings. The number of hydrogen-bond donors (Lipinski definition) is 1. The highest BCUT2D eigenvalue weighted by Gasteiger charge is 2.28. The van der Waals surface area contributed by atoms with E-state index in [4.69, 9.17) is 4.74 Å². The summed E-state index contributed by atoms with van der Waals surface area (Å²) in [5, 5.41) is 3.71. The van der Waals surface area contributed by atoms with Crippen molar-refractivity contribution in [3.05, 3.63) is 52.4 Å². The van der Waals surface area contributed by atoms with Crippen molar-refractivity contribution < 1.29 is 9.53 Å². The van der Waals surface area contributed by atoms with Crippen LogP contribution in [-0.2, 0) is 18.4 Å². The summed E-state index contributed by atoms with van der Waals surface area (Å²) in [4.78, 5) is 30.3. The Morgan fingerprint density at radius 1 is 1.18 bits per heavy atom. The second-order valence-corrected chi connectivity index (χ2v) is 9.95. The van der Waals surface area contributed by atoms with Gasteiger partial charge in [-0.3, -0.25) is 13.9 Å². The third-order valence-electron chi connectivity index (χ3n) is 6.85. The smallest absolute Gasteiger partial charge is 0.328 e. The van der Waals surface area contributed by atoms with Crippen LogP contribution in [0.25, 0.3) is 21.3 Å². The fraction of sp³-hybridized carbons (Fsp3) is 0.400. The average molecular weight is 465 g/mol. The molecule has 33 heavy (non-hydrogen) atoms. The molecule has 2 heterocycles. The zero-order chi connectivity index (χ0) is 23.1. The fourth-order valence-electron chi connectivity index (χ4n) is 4.91. The van der Waals surface area contributed by atoms with Crippen LogP contribution in [0.4, 0.5) is 5.13 Å². The second-order valence-electron chi connectivity index (χ2n) is 8.96. The summed E-state index contributed by atoms with van der Waals surface area (Å²) >= 11 is 1.53. The number of nitrogens with zero attached hydrogens (tertiary/aromatic N) is 3. The van der Waals surface area contributed by atoms with Gasteiger partial charge in [-0.05, 0) is 62.3 Å². The van der Waals surface area contributed by atoms with E-state index >= 15 is 0 Å². The molecule has 5 rings (SSSR count). The molecule has 7 nitrogen and oxygen atoms in total. The zero-order valence-electron chi connectivity index (χ0n) is 19.1. The van der Waals surface area contributed by atoms with Gasteiger partial charge in [0.05, 0.1) is 28.4 Å². The van der Waals surface area contributed by atoms with Gasteiger partial charge in [0, 0.05) is 25.6 Å². The van der Waals surface area contributed by atoms with E-state index in [9.17, 15) is 9.59 Å².